The molecule has 0 aliphatic carbocycles. The average molecular weight is 325 g/mol. The van der Waals surface area contributed by atoms with Crippen molar-refractivity contribution in [1.29, 1.82) is 0 Å². The summed E-state index contributed by atoms with van der Waals surface area (Å²) in [5.41, 5.74) is 2.78. The van der Waals surface area contributed by atoms with E-state index in [1.54, 1.807) is 0 Å². The predicted molar refractivity (Wildman–Crippen MR) is 78.3 cm³/mol. The van der Waals surface area contributed by atoms with E-state index in [0.29, 0.717) is 11.0 Å². The number of nitrogens with zero attached hydrogens (tertiary/aromatic N) is 1. The highest BCUT2D eigenvalue weighted by Crippen LogP contribution is 2.42. The number of halogens is 1. The number of anilines is 2. The normalized spacial score (nSPS) is 24.5. The molecule has 1 atom stereocenters. The summed E-state index contributed by atoms with van der Waals surface area (Å²) < 4.78 is 0.930. The number of hydrogen-bond acceptors (Lipinski definition) is 3. The number of carbonyl (C=O) groups is 1. The van der Waals surface area contributed by atoms with Gasteiger partial charge < -0.3 is 15.3 Å². The molecule has 1 aromatic carbocycles. The average Bonchev–Trinajstić information content (AvgIpc) is 2.81. The molecule has 1 saturated heterocycles. The van der Waals surface area contributed by atoms with Gasteiger partial charge in [-0.15, -0.1) is 0 Å². The van der Waals surface area contributed by atoms with Gasteiger partial charge >= 0.3 is 0 Å². The molecular formula is C14H17BrN2O2. The van der Waals surface area contributed by atoms with Crippen molar-refractivity contribution in [2.45, 2.75) is 26.4 Å². The van der Waals surface area contributed by atoms with Crippen LogP contribution in [0.2, 0.25) is 0 Å². The number of rotatable bonds is 1. The summed E-state index contributed by atoms with van der Waals surface area (Å²) in [5, 5.41) is 12.5. The van der Waals surface area contributed by atoms with Crippen LogP contribution in [0.5, 0.6) is 0 Å². The maximum atomic E-state index is 11.5. The molecule has 1 unspecified atom stereocenters. The third-order valence-electron chi connectivity index (χ3n) is 3.94. The lowest BCUT2D eigenvalue weighted by Crippen LogP contribution is -2.23. The van der Waals surface area contributed by atoms with Gasteiger partial charge in [0.25, 0.3) is 5.91 Å². The number of nitrogens with one attached hydrogen (secondary N) is 1. The van der Waals surface area contributed by atoms with E-state index in [1.165, 1.54) is 0 Å². The summed E-state index contributed by atoms with van der Waals surface area (Å²) in [7, 11) is 0. The van der Waals surface area contributed by atoms with Gasteiger partial charge in [-0.2, -0.15) is 0 Å². The second-order valence-electron chi connectivity index (χ2n) is 6.12. The third-order valence-corrected chi connectivity index (χ3v) is 4.57. The molecule has 3 rings (SSSR count). The van der Waals surface area contributed by atoms with E-state index in [1.807, 2.05) is 12.1 Å². The van der Waals surface area contributed by atoms with Crippen molar-refractivity contribution in [2.75, 3.05) is 23.3 Å². The van der Waals surface area contributed by atoms with Crippen molar-refractivity contribution >= 4 is 33.2 Å². The Morgan fingerprint density at radius 1 is 1.47 bits per heavy atom. The summed E-state index contributed by atoms with van der Waals surface area (Å²) in [6.45, 7) is 6.54. The molecule has 0 radical (unpaired) electrons. The van der Waals surface area contributed by atoms with Crippen LogP contribution in [0.1, 0.15) is 31.9 Å². The second kappa shape index (κ2) is 4.21. The molecule has 0 bridgehead atoms. The number of benzene rings is 1. The summed E-state index contributed by atoms with van der Waals surface area (Å²) in [6.07, 6.45) is 0.112. The monoisotopic (exact) mass is 324 g/mol. The van der Waals surface area contributed by atoms with Crippen molar-refractivity contribution in [3.63, 3.8) is 0 Å². The van der Waals surface area contributed by atoms with E-state index >= 15 is 0 Å². The number of aliphatic hydroxyl groups excluding tert-OH is 1. The Morgan fingerprint density at radius 2 is 2.21 bits per heavy atom. The molecule has 19 heavy (non-hydrogen) atoms. The second-order valence-corrected chi connectivity index (χ2v) is 6.97. The van der Waals surface area contributed by atoms with Gasteiger partial charge in [-0.3, -0.25) is 4.79 Å². The van der Waals surface area contributed by atoms with Gasteiger partial charge in [0.05, 0.1) is 5.69 Å². The molecule has 5 heteroatoms. The van der Waals surface area contributed by atoms with Crippen LogP contribution >= 0.6 is 15.9 Å². The molecule has 0 spiro atoms. The van der Waals surface area contributed by atoms with Crippen LogP contribution in [0.15, 0.2) is 16.6 Å². The smallest absolute Gasteiger partial charge is 0.257 e. The van der Waals surface area contributed by atoms with Crippen molar-refractivity contribution in [3.8, 4) is 0 Å². The van der Waals surface area contributed by atoms with Crippen LogP contribution in [0.25, 0.3) is 0 Å². The minimum Gasteiger partial charge on any atom is -0.378 e. The van der Waals surface area contributed by atoms with Gasteiger partial charge in [0.15, 0.2) is 6.10 Å². The number of hydrogen-bond donors (Lipinski definition) is 2. The fourth-order valence-corrected chi connectivity index (χ4v) is 3.43. The fourth-order valence-electron chi connectivity index (χ4n) is 2.81. The Kier molecular flexibility index (Phi) is 2.87. The molecule has 0 aromatic heterocycles. The van der Waals surface area contributed by atoms with E-state index in [4.69, 9.17) is 0 Å². The van der Waals surface area contributed by atoms with Crippen LogP contribution in [0.4, 0.5) is 11.4 Å². The maximum Gasteiger partial charge on any atom is 0.257 e. The SMILES string of the molecule is CC1(C)CCN(c2cc3c(cc2Br)C(O)C(=O)N3)C1. The van der Waals surface area contributed by atoms with Crippen LogP contribution < -0.4 is 10.2 Å². The van der Waals surface area contributed by atoms with E-state index in [9.17, 15) is 9.90 Å². The largest absolute Gasteiger partial charge is 0.378 e. The summed E-state index contributed by atoms with van der Waals surface area (Å²) in [6, 6.07) is 3.80. The van der Waals surface area contributed by atoms with E-state index in [2.05, 4.69) is 40.0 Å². The lowest BCUT2D eigenvalue weighted by Gasteiger charge is -2.23. The maximum absolute atomic E-state index is 11.5. The Bertz CT molecular complexity index is 557. The standard InChI is InChI=1S/C14H17BrN2O2/c1-14(2)3-4-17(7-14)11-6-10-8(5-9(11)15)12(18)13(19)16-10/h5-6,12,18H,3-4,7H2,1-2H3,(H,16,19). The number of aliphatic hydroxyl groups is 1. The Hall–Kier alpha value is -1.07. The van der Waals surface area contributed by atoms with Crippen molar-refractivity contribution in [3.05, 3.63) is 22.2 Å². The number of amides is 1. The molecule has 1 aromatic rings. The zero-order chi connectivity index (χ0) is 13.8. The lowest BCUT2D eigenvalue weighted by atomic mass is 9.93. The molecule has 1 amide bonds. The van der Waals surface area contributed by atoms with E-state index < -0.39 is 6.10 Å². The first kappa shape index (κ1) is 12.9. The molecule has 0 saturated carbocycles. The van der Waals surface area contributed by atoms with Gasteiger partial charge in [-0.05, 0) is 39.9 Å². The molecule has 2 heterocycles. The Balaban J connectivity index is 1.97. The molecular weight excluding hydrogens is 308 g/mol. The quantitative estimate of drug-likeness (QED) is 0.835. The number of carbonyl (C=O) groups excluding carboxylic acids is 1. The highest BCUT2D eigenvalue weighted by molar-refractivity contribution is 9.10. The number of fused-ring (bicyclic) bond motifs is 1. The van der Waals surface area contributed by atoms with Gasteiger partial charge in [-0.1, -0.05) is 13.8 Å². The zero-order valence-corrected chi connectivity index (χ0v) is 12.6. The van der Waals surface area contributed by atoms with Crippen LogP contribution in [-0.4, -0.2) is 24.1 Å². The van der Waals surface area contributed by atoms with E-state index in [-0.39, 0.29) is 5.91 Å². The van der Waals surface area contributed by atoms with Crippen molar-refractivity contribution < 1.29 is 9.90 Å². The summed E-state index contributed by atoms with van der Waals surface area (Å²) in [4.78, 5) is 13.8. The first-order valence-electron chi connectivity index (χ1n) is 6.45. The molecule has 2 aliphatic heterocycles. The highest BCUT2D eigenvalue weighted by Gasteiger charge is 2.33. The molecule has 4 nitrogen and oxygen atoms in total. The minimum atomic E-state index is -1.05. The first-order chi connectivity index (χ1) is 8.87. The molecule has 2 aliphatic rings. The third kappa shape index (κ3) is 2.15. The van der Waals surface area contributed by atoms with Crippen LogP contribution in [0, 0.1) is 5.41 Å². The Labute approximate surface area is 120 Å². The zero-order valence-electron chi connectivity index (χ0n) is 11.0. The van der Waals surface area contributed by atoms with Crippen molar-refractivity contribution in [1.82, 2.24) is 0 Å². The van der Waals surface area contributed by atoms with Crippen molar-refractivity contribution in [2.24, 2.45) is 5.41 Å². The summed E-state index contributed by atoms with van der Waals surface area (Å²) in [5.74, 6) is -0.346. The molecule has 102 valence electrons. The summed E-state index contributed by atoms with van der Waals surface area (Å²) >= 11 is 3.55. The van der Waals surface area contributed by atoms with Crippen LogP contribution in [-0.2, 0) is 4.79 Å². The lowest BCUT2D eigenvalue weighted by molar-refractivity contribution is -0.123. The van der Waals surface area contributed by atoms with Crippen LogP contribution in [0.3, 0.4) is 0 Å². The predicted octanol–water partition coefficient (Wildman–Crippen LogP) is 2.67. The first-order valence-corrected chi connectivity index (χ1v) is 7.24. The van der Waals surface area contributed by atoms with Gasteiger partial charge in [0, 0.05) is 28.8 Å². The molecule has 1 fully saturated rings. The Morgan fingerprint density at radius 3 is 2.84 bits per heavy atom. The molecule has 2 N–H and O–H groups in total. The van der Waals surface area contributed by atoms with Gasteiger partial charge in [0.2, 0.25) is 0 Å². The van der Waals surface area contributed by atoms with Gasteiger partial charge in [-0.25, -0.2) is 0 Å². The minimum absolute atomic E-state index is 0.321. The van der Waals surface area contributed by atoms with Gasteiger partial charge in [0.1, 0.15) is 0 Å². The van der Waals surface area contributed by atoms with E-state index in [0.717, 1.165) is 35.4 Å². The highest BCUT2D eigenvalue weighted by atomic mass is 79.9. The fraction of sp³-hybridized carbons (Fsp3) is 0.500. The topological polar surface area (TPSA) is 52.6 Å².